The first-order chi connectivity index (χ1) is 6.13. The summed E-state index contributed by atoms with van der Waals surface area (Å²) < 4.78 is 12.1. The van der Waals surface area contributed by atoms with Gasteiger partial charge in [-0.25, -0.2) is 4.39 Å². The normalized spacial score (nSPS) is 53.1. The van der Waals surface area contributed by atoms with Crippen molar-refractivity contribution in [2.45, 2.75) is 31.0 Å². The maximum absolute atomic E-state index is 13.7. The molecule has 84 valence electrons. The lowest BCUT2D eigenvalue weighted by atomic mass is 9.95. The van der Waals surface area contributed by atoms with Gasteiger partial charge in [0.25, 0.3) is 0 Å². The molecule has 4 atom stereocenters. The molecule has 1 fully saturated rings. The molecule has 4 unspecified atom stereocenters. The van der Waals surface area contributed by atoms with Crippen LogP contribution < -0.4 is 0 Å². The van der Waals surface area contributed by atoms with Gasteiger partial charge in [0.05, 0.1) is 10.8 Å². The maximum Gasteiger partial charge on any atom is 0.218 e. The molecule has 1 rings (SSSR count). The number of hydrogen-bond donors (Lipinski definition) is 0. The van der Waals surface area contributed by atoms with E-state index in [0.717, 1.165) is 0 Å². The monoisotopic (exact) mass is 340 g/mol. The summed E-state index contributed by atoms with van der Waals surface area (Å²) in [5.74, 6) is 0. The van der Waals surface area contributed by atoms with Crippen molar-refractivity contribution in [3.8, 4) is 0 Å². The molecule has 1 aliphatic carbocycles. The van der Waals surface area contributed by atoms with E-state index >= 15 is 0 Å². The minimum atomic E-state index is -2.44. The summed E-state index contributed by atoms with van der Waals surface area (Å²) in [5.41, 5.74) is 0. The Morgan fingerprint density at radius 3 is 1.29 bits per heavy atom. The third kappa shape index (κ3) is 2.03. The summed E-state index contributed by atoms with van der Waals surface area (Å²) in [6, 6.07) is 0. The SMILES string of the molecule is FC1(Cl)C(Cl)C(Cl)C(Cl)(Cl)C(Cl)C1Cl. The Balaban J connectivity index is 3.07. The summed E-state index contributed by atoms with van der Waals surface area (Å²) in [7, 11) is 0. The van der Waals surface area contributed by atoms with E-state index in [1.165, 1.54) is 0 Å². The predicted molar refractivity (Wildman–Crippen MR) is 62.7 cm³/mol. The van der Waals surface area contributed by atoms with E-state index in [1.807, 2.05) is 0 Å². The zero-order valence-electron chi connectivity index (χ0n) is 6.33. The highest BCUT2D eigenvalue weighted by atomic mass is 35.5. The zero-order chi connectivity index (χ0) is 11.3. The Bertz CT molecular complexity index is 186. The number of halogens is 8. The van der Waals surface area contributed by atoms with Crippen molar-refractivity contribution < 1.29 is 4.39 Å². The molecule has 0 amide bonds. The molecule has 14 heavy (non-hydrogen) atoms. The summed E-state index contributed by atoms with van der Waals surface area (Å²) in [5, 5.41) is -7.34. The van der Waals surface area contributed by atoms with Crippen LogP contribution in [0.2, 0.25) is 0 Å². The predicted octanol–water partition coefficient (Wildman–Crippen LogP) is 4.51. The van der Waals surface area contributed by atoms with Crippen LogP contribution in [-0.4, -0.2) is 31.0 Å². The molecular formula is C6H4Cl7F. The van der Waals surface area contributed by atoms with Crippen LogP contribution in [0.4, 0.5) is 4.39 Å². The van der Waals surface area contributed by atoms with Gasteiger partial charge in [0, 0.05) is 0 Å². The largest absolute Gasteiger partial charge is 0.223 e. The molecule has 0 aromatic carbocycles. The van der Waals surface area contributed by atoms with Crippen LogP contribution in [0.1, 0.15) is 0 Å². The molecule has 0 aromatic rings. The molecule has 0 nitrogen and oxygen atoms in total. The van der Waals surface area contributed by atoms with Crippen LogP contribution in [0.5, 0.6) is 0 Å². The molecular weight excluding hydrogens is 339 g/mol. The first kappa shape index (κ1) is 14.0. The van der Waals surface area contributed by atoms with E-state index in [2.05, 4.69) is 0 Å². The van der Waals surface area contributed by atoms with E-state index in [4.69, 9.17) is 81.2 Å². The van der Waals surface area contributed by atoms with Crippen molar-refractivity contribution in [2.24, 2.45) is 0 Å². The first-order valence-electron chi connectivity index (χ1n) is 3.45. The second-order valence-electron chi connectivity index (χ2n) is 2.96. The van der Waals surface area contributed by atoms with Gasteiger partial charge in [0.2, 0.25) is 5.13 Å². The van der Waals surface area contributed by atoms with Gasteiger partial charge >= 0.3 is 0 Å². The Hall–Kier alpha value is 1.96. The third-order valence-electron chi connectivity index (χ3n) is 1.98. The average molecular weight is 343 g/mol. The van der Waals surface area contributed by atoms with E-state index in [0.29, 0.717) is 0 Å². The second kappa shape index (κ2) is 4.33. The fourth-order valence-electron chi connectivity index (χ4n) is 1.08. The fraction of sp³-hybridized carbons (Fsp3) is 1.00. The molecule has 8 heteroatoms. The highest BCUT2D eigenvalue weighted by Crippen LogP contribution is 2.54. The van der Waals surface area contributed by atoms with Gasteiger partial charge in [-0.05, 0) is 0 Å². The van der Waals surface area contributed by atoms with Gasteiger partial charge in [0.1, 0.15) is 10.8 Å². The Morgan fingerprint density at radius 2 is 1.00 bits per heavy atom. The minimum Gasteiger partial charge on any atom is -0.223 e. The van der Waals surface area contributed by atoms with E-state index in [1.54, 1.807) is 0 Å². The van der Waals surface area contributed by atoms with Crippen LogP contribution in [0.3, 0.4) is 0 Å². The summed E-state index contributed by atoms with van der Waals surface area (Å²) in [6.07, 6.45) is 0. The van der Waals surface area contributed by atoms with E-state index in [-0.39, 0.29) is 0 Å². The molecule has 0 aliphatic heterocycles. The van der Waals surface area contributed by atoms with Crippen LogP contribution in [0.15, 0.2) is 0 Å². The first-order valence-corrected chi connectivity index (χ1v) is 6.33. The molecule has 0 bridgehead atoms. The summed E-state index contributed by atoms with van der Waals surface area (Å²) in [6.45, 7) is 0. The lowest BCUT2D eigenvalue weighted by Crippen LogP contribution is -2.62. The van der Waals surface area contributed by atoms with Crippen molar-refractivity contribution >= 4 is 81.2 Å². The van der Waals surface area contributed by atoms with Gasteiger partial charge in [-0.15, -0.1) is 46.4 Å². The quantitative estimate of drug-likeness (QED) is 0.568. The maximum atomic E-state index is 13.7. The van der Waals surface area contributed by atoms with Crippen LogP contribution in [0.25, 0.3) is 0 Å². The van der Waals surface area contributed by atoms with Crippen molar-refractivity contribution in [1.29, 1.82) is 0 Å². The topological polar surface area (TPSA) is 0 Å². The molecule has 1 aliphatic rings. The van der Waals surface area contributed by atoms with Gasteiger partial charge in [0.15, 0.2) is 4.33 Å². The highest BCUT2D eigenvalue weighted by molar-refractivity contribution is 6.59. The molecule has 0 aromatic heterocycles. The van der Waals surface area contributed by atoms with Gasteiger partial charge in [-0.1, -0.05) is 34.8 Å². The molecule has 0 N–H and O–H groups in total. The van der Waals surface area contributed by atoms with Crippen LogP contribution in [0, 0.1) is 0 Å². The Morgan fingerprint density at radius 1 is 0.714 bits per heavy atom. The molecule has 0 saturated heterocycles. The smallest absolute Gasteiger partial charge is 0.218 e. The molecule has 1 saturated carbocycles. The summed E-state index contributed by atoms with van der Waals surface area (Å²) >= 11 is 39.9. The number of alkyl halides is 8. The lowest BCUT2D eigenvalue weighted by molar-refractivity contribution is 0.214. The fourth-order valence-corrected chi connectivity index (χ4v) is 3.66. The van der Waals surface area contributed by atoms with Crippen molar-refractivity contribution in [3.63, 3.8) is 0 Å². The zero-order valence-corrected chi connectivity index (χ0v) is 11.6. The Kier molecular flexibility index (Phi) is 4.33. The number of hydrogen-bond acceptors (Lipinski definition) is 0. The Labute approximate surface area is 116 Å². The van der Waals surface area contributed by atoms with E-state index < -0.39 is 31.0 Å². The second-order valence-corrected chi connectivity index (χ2v) is 6.86. The van der Waals surface area contributed by atoms with Crippen molar-refractivity contribution in [2.75, 3.05) is 0 Å². The van der Waals surface area contributed by atoms with Gasteiger partial charge < -0.3 is 0 Å². The standard InChI is InChI=1S/C6H4Cl7F/c7-1-3(9)6(13,14)4(10)2(8)5(1,11)12/h1-4H. The highest BCUT2D eigenvalue weighted by Gasteiger charge is 2.64. The van der Waals surface area contributed by atoms with Crippen molar-refractivity contribution in [3.05, 3.63) is 0 Å². The number of rotatable bonds is 0. The minimum absolute atomic E-state index is 1.13. The van der Waals surface area contributed by atoms with Crippen molar-refractivity contribution in [1.82, 2.24) is 0 Å². The molecule has 0 heterocycles. The third-order valence-corrected chi connectivity index (χ3v) is 6.65. The van der Waals surface area contributed by atoms with E-state index in [9.17, 15) is 4.39 Å². The lowest BCUT2D eigenvalue weighted by Gasteiger charge is -2.45. The van der Waals surface area contributed by atoms with Crippen LogP contribution in [-0.2, 0) is 0 Å². The van der Waals surface area contributed by atoms with Gasteiger partial charge in [-0.3, -0.25) is 0 Å². The molecule has 0 radical (unpaired) electrons. The molecule has 0 spiro atoms. The van der Waals surface area contributed by atoms with Crippen LogP contribution >= 0.6 is 81.2 Å². The van der Waals surface area contributed by atoms with Gasteiger partial charge in [-0.2, -0.15) is 0 Å². The average Bonchev–Trinajstić information content (AvgIpc) is 2.11. The summed E-state index contributed by atoms with van der Waals surface area (Å²) in [4.78, 5) is 0.